The van der Waals surface area contributed by atoms with E-state index in [1.54, 1.807) is 33.2 Å². The molecule has 7 nitrogen and oxygen atoms in total. The number of anilines is 2. The zero-order valence-electron chi connectivity index (χ0n) is 20.2. The zero-order valence-corrected chi connectivity index (χ0v) is 22.5. The van der Waals surface area contributed by atoms with Gasteiger partial charge >= 0.3 is 6.18 Å². The molecule has 0 saturated carbocycles. The molecule has 2 unspecified atom stereocenters. The van der Waals surface area contributed by atoms with Crippen LogP contribution in [-0.2, 0) is 19.8 Å². The first-order valence-electron chi connectivity index (χ1n) is 10.9. The lowest BCUT2D eigenvalue weighted by Crippen LogP contribution is -2.22. The third kappa shape index (κ3) is 5.55. The maximum atomic E-state index is 14.2. The summed E-state index contributed by atoms with van der Waals surface area (Å²) in [4.78, 5) is 28.2. The van der Waals surface area contributed by atoms with E-state index in [2.05, 4.69) is 28.8 Å². The summed E-state index contributed by atoms with van der Waals surface area (Å²) < 4.78 is 49.8. The Kier molecular flexibility index (Phi) is 8.11. The van der Waals surface area contributed by atoms with Gasteiger partial charge in [-0.25, -0.2) is 4.98 Å². The number of aryl methyl sites for hydroxylation is 1. The van der Waals surface area contributed by atoms with Gasteiger partial charge in [-0.05, 0) is 43.3 Å². The zero-order chi connectivity index (χ0) is 26.9. The van der Waals surface area contributed by atoms with E-state index < -0.39 is 17.8 Å². The predicted molar refractivity (Wildman–Crippen MR) is 143 cm³/mol. The molecular formula is C24H27F3N4O3P2. The van der Waals surface area contributed by atoms with Gasteiger partial charge in [0.2, 0.25) is 11.4 Å². The van der Waals surface area contributed by atoms with Crippen molar-refractivity contribution in [2.24, 2.45) is 7.05 Å². The van der Waals surface area contributed by atoms with Crippen LogP contribution in [0.4, 0.5) is 24.5 Å². The number of pyridine rings is 2. The van der Waals surface area contributed by atoms with Crippen molar-refractivity contribution < 1.29 is 22.7 Å². The number of hydrogen-bond acceptors (Lipinski definition) is 6. The van der Waals surface area contributed by atoms with E-state index in [0.29, 0.717) is 11.8 Å². The largest absolute Gasteiger partial charge is 0.474 e. The minimum absolute atomic E-state index is 0.0424. The number of aldehydes is 1. The molecule has 1 aromatic carbocycles. The van der Waals surface area contributed by atoms with Gasteiger partial charge in [0.15, 0.2) is 6.29 Å². The molecule has 3 aromatic rings. The lowest BCUT2D eigenvalue weighted by Gasteiger charge is -2.23. The minimum atomic E-state index is -4.69. The topological polar surface area (TPSA) is 99.2 Å². The van der Waals surface area contributed by atoms with E-state index >= 15 is 0 Å². The first kappa shape index (κ1) is 27.6. The third-order valence-electron chi connectivity index (χ3n) is 5.52. The SMILES string of the molecule is Cc1c(P)c(N)cc(-c2nc(OC(C)C)c(C=O)c(NCc3ccc(=O)n(C)c3)c2P)c1C(F)(F)F. The number of hydrogen-bond donors (Lipinski definition) is 2. The van der Waals surface area contributed by atoms with E-state index in [1.165, 1.54) is 23.6 Å². The van der Waals surface area contributed by atoms with Crippen LogP contribution in [0.2, 0.25) is 0 Å². The third-order valence-corrected chi connectivity index (χ3v) is 6.85. The molecule has 2 heterocycles. The van der Waals surface area contributed by atoms with Crippen molar-refractivity contribution in [1.29, 1.82) is 0 Å². The molecule has 0 fully saturated rings. The summed E-state index contributed by atoms with van der Waals surface area (Å²) in [6.45, 7) is 4.96. The maximum Gasteiger partial charge on any atom is 0.417 e. The molecule has 0 aliphatic heterocycles. The average molecular weight is 538 g/mol. The van der Waals surface area contributed by atoms with Gasteiger partial charge in [0.25, 0.3) is 0 Å². The van der Waals surface area contributed by atoms with Gasteiger partial charge in [0, 0.05) is 42.4 Å². The van der Waals surface area contributed by atoms with Gasteiger partial charge < -0.3 is 20.4 Å². The Labute approximate surface area is 211 Å². The second-order valence-electron chi connectivity index (χ2n) is 8.52. The molecule has 0 radical (unpaired) electrons. The molecule has 0 bridgehead atoms. The molecule has 3 rings (SSSR count). The number of alkyl halides is 3. The fourth-order valence-corrected chi connectivity index (χ4v) is 4.47. The number of nitrogens with one attached hydrogen (secondary N) is 1. The summed E-state index contributed by atoms with van der Waals surface area (Å²) in [5.74, 6) is -0.108. The van der Waals surface area contributed by atoms with Crippen molar-refractivity contribution in [3.63, 3.8) is 0 Å². The van der Waals surface area contributed by atoms with E-state index in [1.807, 2.05) is 0 Å². The van der Waals surface area contributed by atoms with Crippen LogP contribution < -0.4 is 32.0 Å². The number of benzene rings is 1. The summed E-state index contributed by atoms with van der Waals surface area (Å²) in [5.41, 5.74) is 5.81. The predicted octanol–water partition coefficient (Wildman–Crippen LogP) is 3.57. The lowest BCUT2D eigenvalue weighted by atomic mass is 9.96. The highest BCUT2D eigenvalue weighted by Gasteiger charge is 2.38. The molecule has 0 amide bonds. The summed E-state index contributed by atoms with van der Waals surface area (Å²) in [6.07, 6.45) is -2.93. The summed E-state index contributed by atoms with van der Waals surface area (Å²) in [7, 11) is 6.22. The van der Waals surface area contributed by atoms with Gasteiger partial charge in [0.1, 0.15) is 5.56 Å². The number of carbonyl (C=O) groups excluding carboxylic acids is 1. The lowest BCUT2D eigenvalue weighted by molar-refractivity contribution is -0.137. The molecule has 2 atom stereocenters. The molecule has 0 saturated heterocycles. The Morgan fingerprint density at radius 1 is 1.25 bits per heavy atom. The van der Waals surface area contributed by atoms with Gasteiger partial charge in [-0.2, -0.15) is 13.2 Å². The summed E-state index contributed by atoms with van der Waals surface area (Å²) in [6, 6.07) is 4.25. The smallest absolute Gasteiger partial charge is 0.417 e. The Hall–Kier alpha value is -2.96. The van der Waals surface area contributed by atoms with Crippen LogP contribution in [0.3, 0.4) is 0 Å². The highest BCUT2D eigenvalue weighted by molar-refractivity contribution is 7.28. The fraction of sp³-hybridized carbons (Fsp3) is 0.292. The van der Waals surface area contributed by atoms with E-state index in [-0.39, 0.29) is 62.4 Å². The minimum Gasteiger partial charge on any atom is -0.474 e. The molecule has 0 aliphatic rings. The van der Waals surface area contributed by atoms with Crippen molar-refractivity contribution >= 4 is 46.7 Å². The number of nitrogen functional groups attached to an aromatic ring is 1. The standard InChI is InChI=1S/C24H27F3N4O3P2/c1-11(2)34-23-15(10-32)19(29-8-13-5-6-17(33)31(4)9-13)22(36)20(30-23)14-7-16(28)21(35)12(3)18(14)24(25,26)27/h5-7,9-11H,8,28,35-36H2,1-4H3,(H,29,30). The highest BCUT2D eigenvalue weighted by atomic mass is 31.0. The second kappa shape index (κ2) is 10.6. The number of carbonyl (C=O) groups is 1. The van der Waals surface area contributed by atoms with Gasteiger partial charge in [-0.15, -0.1) is 18.5 Å². The van der Waals surface area contributed by atoms with E-state index in [4.69, 9.17) is 10.5 Å². The molecule has 0 aliphatic carbocycles. The van der Waals surface area contributed by atoms with Crippen molar-refractivity contribution in [3.8, 4) is 17.1 Å². The number of rotatable bonds is 7. The number of ether oxygens (including phenoxy) is 1. The molecule has 0 spiro atoms. The van der Waals surface area contributed by atoms with Gasteiger partial charge in [-0.1, -0.05) is 6.07 Å². The van der Waals surface area contributed by atoms with Gasteiger partial charge in [-0.3, -0.25) is 9.59 Å². The Morgan fingerprint density at radius 2 is 1.92 bits per heavy atom. The quantitative estimate of drug-likeness (QED) is 0.271. The maximum absolute atomic E-state index is 14.2. The van der Waals surface area contributed by atoms with Crippen molar-refractivity contribution in [2.75, 3.05) is 11.1 Å². The van der Waals surface area contributed by atoms with Crippen molar-refractivity contribution in [2.45, 2.75) is 39.6 Å². The van der Waals surface area contributed by atoms with Crippen LogP contribution in [0.1, 0.15) is 40.9 Å². The molecule has 36 heavy (non-hydrogen) atoms. The van der Waals surface area contributed by atoms with Crippen LogP contribution in [0.25, 0.3) is 11.3 Å². The van der Waals surface area contributed by atoms with Crippen LogP contribution in [0, 0.1) is 6.92 Å². The number of halogens is 3. The Balaban J connectivity index is 2.30. The second-order valence-corrected chi connectivity index (χ2v) is 9.67. The molecule has 2 aromatic heterocycles. The fourth-order valence-electron chi connectivity index (χ4n) is 3.77. The number of nitrogens with zero attached hydrogens (tertiary/aromatic N) is 2. The normalized spacial score (nSPS) is 11.6. The number of aromatic nitrogens is 2. The Morgan fingerprint density at radius 3 is 2.47 bits per heavy atom. The highest BCUT2D eigenvalue weighted by Crippen LogP contribution is 2.41. The van der Waals surface area contributed by atoms with E-state index in [0.717, 1.165) is 0 Å². The van der Waals surface area contributed by atoms with E-state index in [9.17, 15) is 22.8 Å². The average Bonchev–Trinajstić information content (AvgIpc) is 2.78. The monoisotopic (exact) mass is 538 g/mol. The van der Waals surface area contributed by atoms with Crippen molar-refractivity contribution in [1.82, 2.24) is 9.55 Å². The van der Waals surface area contributed by atoms with Crippen LogP contribution >= 0.6 is 18.5 Å². The van der Waals surface area contributed by atoms with Crippen LogP contribution in [0.5, 0.6) is 5.88 Å². The molecule has 3 N–H and O–H groups in total. The molecule has 12 heteroatoms. The summed E-state index contributed by atoms with van der Waals surface area (Å²) >= 11 is 0. The first-order chi connectivity index (χ1) is 16.8. The van der Waals surface area contributed by atoms with Crippen LogP contribution in [-0.4, -0.2) is 21.9 Å². The van der Waals surface area contributed by atoms with Gasteiger partial charge in [0.05, 0.1) is 23.0 Å². The molecule has 192 valence electrons. The summed E-state index contributed by atoms with van der Waals surface area (Å²) in [5, 5.41) is 3.59. The van der Waals surface area contributed by atoms with Crippen molar-refractivity contribution in [3.05, 3.63) is 57.0 Å². The van der Waals surface area contributed by atoms with Crippen LogP contribution in [0.15, 0.2) is 29.2 Å². The first-order valence-corrected chi connectivity index (χ1v) is 12.0. The number of nitrogens with two attached hydrogens (primary N) is 1. The Bertz CT molecular complexity index is 1390. The molecular weight excluding hydrogens is 511 g/mol.